The number of benzene rings is 1. The number of carbonyl (C=O) groups is 1. The average Bonchev–Trinajstić information content (AvgIpc) is 2.79. The molecule has 1 saturated heterocycles. The number of nitrogens with zero attached hydrogens (tertiary/aromatic N) is 1. The van der Waals surface area contributed by atoms with Crippen LogP contribution in [0, 0.1) is 5.92 Å². The second kappa shape index (κ2) is 6.37. The third kappa shape index (κ3) is 3.19. The molecule has 1 aromatic carbocycles. The van der Waals surface area contributed by atoms with Crippen molar-refractivity contribution in [3.63, 3.8) is 0 Å². The van der Waals surface area contributed by atoms with Crippen molar-refractivity contribution in [2.24, 2.45) is 11.7 Å². The van der Waals surface area contributed by atoms with Crippen LogP contribution >= 0.6 is 0 Å². The Balaban J connectivity index is 2.09. The molecule has 1 aromatic rings. The fraction of sp³-hybridized carbons (Fsp3) is 0.562. The Kier molecular flexibility index (Phi) is 4.78. The molecule has 110 valence electrons. The van der Waals surface area contributed by atoms with Gasteiger partial charge in [-0.25, -0.2) is 0 Å². The first kappa shape index (κ1) is 15.0. The lowest BCUT2D eigenvalue weighted by Gasteiger charge is -2.27. The quantitative estimate of drug-likeness (QED) is 0.876. The van der Waals surface area contributed by atoms with Crippen LogP contribution < -0.4 is 11.1 Å². The molecule has 0 bridgehead atoms. The van der Waals surface area contributed by atoms with Crippen molar-refractivity contribution in [2.75, 3.05) is 13.6 Å². The van der Waals surface area contributed by atoms with Crippen molar-refractivity contribution in [2.45, 2.75) is 38.4 Å². The maximum absolute atomic E-state index is 12.2. The highest BCUT2D eigenvalue weighted by atomic mass is 16.2. The lowest BCUT2D eigenvalue weighted by molar-refractivity contribution is -0.124. The Labute approximate surface area is 121 Å². The van der Waals surface area contributed by atoms with Crippen LogP contribution in [0.15, 0.2) is 30.3 Å². The summed E-state index contributed by atoms with van der Waals surface area (Å²) in [6, 6.07) is 10.3. The van der Waals surface area contributed by atoms with Crippen LogP contribution in [0.5, 0.6) is 0 Å². The third-order valence-corrected chi connectivity index (χ3v) is 4.14. The van der Waals surface area contributed by atoms with Gasteiger partial charge in [0, 0.05) is 12.6 Å². The van der Waals surface area contributed by atoms with Crippen LogP contribution in [0.1, 0.15) is 31.9 Å². The van der Waals surface area contributed by atoms with Crippen LogP contribution in [0.4, 0.5) is 0 Å². The van der Waals surface area contributed by atoms with Crippen molar-refractivity contribution >= 4 is 5.91 Å². The molecule has 1 aliphatic rings. The molecule has 0 saturated carbocycles. The molecule has 3 atom stereocenters. The summed E-state index contributed by atoms with van der Waals surface area (Å²) in [4.78, 5) is 14.5. The predicted octanol–water partition coefficient (Wildman–Crippen LogP) is 1.53. The summed E-state index contributed by atoms with van der Waals surface area (Å²) in [5.41, 5.74) is 7.18. The number of nitrogens with one attached hydrogen (secondary N) is 1. The first-order valence-electron chi connectivity index (χ1n) is 7.32. The molecule has 1 fully saturated rings. The Morgan fingerprint density at radius 1 is 1.35 bits per heavy atom. The van der Waals surface area contributed by atoms with E-state index in [0.29, 0.717) is 0 Å². The fourth-order valence-electron chi connectivity index (χ4n) is 2.82. The van der Waals surface area contributed by atoms with Crippen LogP contribution in [0.25, 0.3) is 0 Å². The number of nitrogens with two attached hydrogens (primary N) is 1. The van der Waals surface area contributed by atoms with Gasteiger partial charge in [0.05, 0.1) is 12.1 Å². The summed E-state index contributed by atoms with van der Waals surface area (Å²) in [6.07, 6.45) is 0.965. The minimum atomic E-state index is -0.433. The minimum Gasteiger partial charge on any atom is -0.350 e. The Hall–Kier alpha value is -1.39. The van der Waals surface area contributed by atoms with Gasteiger partial charge in [0.1, 0.15) is 0 Å². The maximum Gasteiger partial charge on any atom is 0.237 e. The lowest BCUT2D eigenvalue weighted by Crippen LogP contribution is -2.49. The molecule has 0 spiro atoms. The summed E-state index contributed by atoms with van der Waals surface area (Å²) in [7, 11) is 2.10. The van der Waals surface area contributed by atoms with E-state index in [1.54, 1.807) is 0 Å². The molecule has 1 heterocycles. The lowest BCUT2D eigenvalue weighted by atomic mass is 9.98. The molecular weight excluding hydrogens is 250 g/mol. The topological polar surface area (TPSA) is 58.4 Å². The molecule has 4 heteroatoms. The van der Waals surface area contributed by atoms with E-state index in [1.807, 2.05) is 32.0 Å². The number of carbonyl (C=O) groups excluding carboxylic acids is 1. The number of hydrogen-bond donors (Lipinski definition) is 2. The first-order valence-corrected chi connectivity index (χ1v) is 7.32. The van der Waals surface area contributed by atoms with Crippen molar-refractivity contribution in [3.8, 4) is 0 Å². The first-order chi connectivity index (χ1) is 9.50. The predicted molar refractivity (Wildman–Crippen MR) is 81.2 cm³/mol. The minimum absolute atomic E-state index is 0.0405. The highest BCUT2D eigenvalue weighted by Crippen LogP contribution is 2.30. The number of likely N-dealkylation sites (N-methyl/N-ethyl adjacent to an activating group) is 1. The number of rotatable bonds is 4. The normalized spacial score (nSPS) is 24.9. The summed E-state index contributed by atoms with van der Waals surface area (Å²) in [5.74, 6) is 0.116. The number of hydrogen-bond acceptors (Lipinski definition) is 3. The summed E-state index contributed by atoms with van der Waals surface area (Å²) < 4.78 is 0. The van der Waals surface area contributed by atoms with Gasteiger partial charge in [-0.1, -0.05) is 44.2 Å². The van der Waals surface area contributed by atoms with Gasteiger partial charge in [-0.3, -0.25) is 9.69 Å². The van der Waals surface area contributed by atoms with E-state index >= 15 is 0 Å². The summed E-state index contributed by atoms with van der Waals surface area (Å²) in [6.45, 7) is 4.93. The number of amides is 1. The fourth-order valence-corrected chi connectivity index (χ4v) is 2.82. The average molecular weight is 275 g/mol. The van der Waals surface area contributed by atoms with Gasteiger partial charge in [0.15, 0.2) is 0 Å². The standard InChI is InChI=1S/C16H25N3O/c1-11(2)14(17)16(20)18-13-9-10-19(3)15(13)12-7-5-4-6-8-12/h4-8,11,13-15H,9-10,17H2,1-3H3,(H,18,20)/t13?,14-,15?/m0/s1. The summed E-state index contributed by atoms with van der Waals surface area (Å²) in [5, 5.41) is 3.13. The Morgan fingerprint density at radius 2 is 2.00 bits per heavy atom. The number of likely N-dealkylation sites (tertiary alicyclic amines) is 1. The molecule has 4 nitrogen and oxygen atoms in total. The van der Waals surface area contributed by atoms with Gasteiger partial charge in [-0.2, -0.15) is 0 Å². The largest absolute Gasteiger partial charge is 0.350 e. The van der Waals surface area contributed by atoms with Gasteiger partial charge in [0.2, 0.25) is 5.91 Å². The zero-order valence-corrected chi connectivity index (χ0v) is 12.5. The third-order valence-electron chi connectivity index (χ3n) is 4.14. The van der Waals surface area contributed by atoms with E-state index in [4.69, 9.17) is 5.73 Å². The second-order valence-corrected chi connectivity index (χ2v) is 6.01. The molecule has 2 rings (SSSR count). The Bertz CT molecular complexity index is 446. The van der Waals surface area contributed by atoms with Gasteiger partial charge in [0.25, 0.3) is 0 Å². The van der Waals surface area contributed by atoms with Gasteiger partial charge < -0.3 is 11.1 Å². The molecule has 0 aromatic heterocycles. The highest BCUT2D eigenvalue weighted by Gasteiger charge is 2.34. The zero-order chi connectivity index (χ0) is 14.7. The van der Waals surface area contributed by atoms with Crippen LogP contribution in [0.2, 0.25) is 0 Å². The van der Waals surface area contributed by atoms with E-state index < -0.39 is 6.04 Å². The molecule has 2 unspecified atom stereocenters. The van der Waals surface area contributed by atoms with Gasteiger partial charge >= 0.3 is 0 Å². The van der Waals surface area contributed by atoms with Crippen LogP contribution in [-0.4, -0.2) is 36.5 Å². The molecule has 1 aliphatic heterocycles. The van der Waals surface area contributed by atoms with Crippen molar-refractivity contribution in [1.82, 2.24) is 10.2 Å². The van der Waals surface area contributed by atoms with Crippen molar-refractivity contribution in [3.05, 3.63) is 35.9 Å². The van der Waals surface area contributed by atoms with Gasteiger partial charge in [-0.05, 0) is 24.9 Å². The van der Waals surface area contributed by atoms with E-state index in [2.05, 4.69) is 29.4 Å². The maximum atomic E-state index is 12.2. The Morgan fingerprint density at radius 3 is 2.60 bits per heavy atom. The van der Waals surface area contributed by atoms with Crippen molar-refractivity contribution < 1.29 is 4.79 Å². The van der Waals surface area contributed by atoms with Crippen LogP contribution in [0.3, 0.4) is 0 Å². The molecule has 0 radical (unpaired) electrons. The highest BCUT2D eigenvalue weighted by molar-refractivity contribution is 5.82. The second-order valence-electron chi connectivity index (χ2n) is 6.01. The van der Waals surface area contributed by atoms with E-state index in [0.717, 1.165) is 13.0 Å². The monoisotopic (exact) mass is 275 g/mol. The SMILES string of the molecule is CC(C)[C@H](N)C(=O)NC1CCN(C)C1c1ccccc1. The van der Waals surface area contributed by atoms with E-state index in [-0.39, 0.29) is 23.9 Å². The molecule has 1 amide bonds. The summed E-state index contributed by atoms with van der Waals surface area (Å²) >= 11 is 0. The molecular formula is C16H25N3O. The van der Waals surface area contributed by atoms with E-state index in [9.17, 15) is 4.79 Å². The van der Waals surface area contributed by atoms with Crippen molar-refractivity contribution in [1.29, 1.82) is 0 Å². The van der Waals surface area contributed by atoms with Crippen LogP contribution in [-0.2, 0) is 4.79 Å². The molecule has 3 N–H and O–H groups in total. The smallest absolute Gasteiger partial charge is 0.237 e. The molecule has 20 heavy (non-hydrogen) atoms. The molecule has 0 aliphatic carbocycles. The van der Waals surface area contributed by atoms with Gasteiger partial charge in [-0.15, -0.1) is 0 Å². The van der Waals surface area contributed by atoms with E-state index in [1.165, 1.54) is 5.56 Å². The zero-order valence-electron chi connectivity index (χ0n) is 12.5.